The van der Waals surface area contributed by atoms with Crippen LogP contribution in [-0.2, 0) is 9.59 Å². The Morgan fingerprint density at radius 2 is 2.36 bits per heavy atom. The summed E-state index contributed by atoms with van der Waals surface area (Å²) in [5, 5.41) is 2.97. The number of likely N-dealkylation sites (tertiary alicyclic amines) is 1. The van der Waals surface area contributed by atoms with E-state index in [4.69, 9.17) is 0 Å². The van der Waals surface area contributed by atoms with E-state index in [0.717, 1.165) is 6.42 Å². The number of carbonyl (C=O) groups excluding carboxylic acids is 2. The van der Waals surface area contributed by atoms with Gasteiger partial charge >= 0.3 is 0 Å². The fourth-order valence-corrected chi connectivity index (χ4v) is 1.53. The molecule has 4 heteroatoms. The van der Waals surface area contributed by atoms with Gasteiger partial charge in [-0.3, -0.25) is 14.5 Å². The highest BCUT2D eigenvalue weighted by Gasteiger charge is 2.37. The zero-order chi connectivity index (χ0) is 10.6. The average molecular weight is 196 g/mol. The van der Waals surface area contributed by atoms with Crippen LogP contribution < -0.4 is 5.32 Å². The lowest BCUT2D eigenvalue weighted by atomic mass is 10.2. The number of nitrogens with one attached hydrogen (secondary N) is 1. The Morgan fingerprint density at radius 1 is 1.64 bits per heavy atom. The van der Waals surface area contributed by atoms with E-state index in [1.807, 2.05) is 6.92 Å². The fourth-order valence-electron chi connectivity index (χ4n) is 1.53. The first-order valence-corrected chi connectivity index (χ1v) is 4.89. The molecule has 1 N–H and O–H groups in total. The lowest BCUT2D eigenvalue weighted by Gasteiger charge is -2.13. The minimum Gasteiger partial charge on any atom is -0.302 e. The number of hydrogen-bond donors (Lipinski definition) is 1. The summed E-state index contributed by atoms with van der Waals surface area (Å²) in [5.74, 6) is -0.169. The van der Waals surface area contributed by atoms with Crippen molar-refractivity contribution in [2.45, 2.75) is 25.8 Å². The molecule has 0 aromatic heterocycles. The Hall–Kier alpha value is -1.16. The summed E-state index contributed by atoms with van der Waals surface area (Å²) >= 11 is 0. The third-order valence-corrected chi connectivity index (χ3v) is 2.20. The van der Waals surface area contributed by atoms with E-state index < -0.39 is 0 Å². The Bertz CT molecular complexity index is 251. The molecular formula is C10H16N2O2. The smallest absolute Gasteiger partial charge is 0.246 e. The minimum absolute atomic E-state index is 0.0709. The number of nitrogens with zero attached hydrogens (tertiary/aromatic N) is 1. The van der Waals surface area contributed by atoms with Gasteiger partial charge in [-0.15, -0.1) is 6.58 Å². The Labute approximate surface area is 84.0 Å². The Balaban J connectivity index is 2.54. The summed E-state index contributed by atoms with van der Waals surface area (Å²) < 4.78 is 0. The van der Waals surface area contributed by atoms with Gasteiger partial charge in [0.15, 0.2) is 0 Å². The Morgan fingerprint density at radius 3 is 2.93 bits per heavy atom. The van der Waals surface area contributed by atoms with E-state index in [0.29, 0.717) is 13.1 Å². The van der Waals surface area contributed by atoms with Gasteiger partial charge in [-0.2, -0.15) is 0 Å². The molecule has 0 aliphatic carbocycles. The molecular weight excluding hydrogens is 180 g/mol. The summed E-state index contributed by atoms with van der Waals surface area (Å²) in [6.45, 7) is 6.59. The van der Waals surface area contributed by atoms with Gasteiger partial charge in [0.05, 0.1) is 12.5 Å². The first kappa shape index (κ1) is 10.9. The zero-order valence-electron chi connectivity index (χ0n) is 8.45. The number of hydrogen-bond acceptors (Lipinski definition) is 3. The summed E-state index contributed by atoms with van der Waals surface area (Å²) in [6.07, 6.45) is 2.78. The fraction of sp³-hybridized carbons (Fsp3) is 0.600. The van der Waals surface area contributed by atoms with Gasteiger partial charge in [0.2, 0.25) is 11.8 Å². The van der Waals surface area contributed by atoms with Gasteiger partial charge in [-0.1, -0.05) is 13.0 Å². The summed E-state index contributed by atoms with van der Waals surface area (Å²) in [6, 6.07) is -0.341. The van der Waals surface area contributed by atoms with Crippen molar-refractivity contribution in [1.29, 1.82) is 0 Å². The number of rotatable bonds is 5. The van der Waals surface area contributed by atoms with Gasteiger partial charge in [-0.05, 0) is 6.42 Å². The van der Waals surface area contributed by atoms with Crippen LogP contribution in [0.25, 0.3) is 0 Å². The van der Waals surface area contributed by atoms with Crippen molar-refractivity contribution in [2.75, 3.05) is 13.1 Å². The van der Waals surface area contributed by atoms with E-state index >= 15 is 0 Å². The molecule has 1 aliphatic heterocycles. The van der Waals surface area contributed by atoms with Crippen molar-refractivity contribution in [3.8, 4) is 0 Å². The maximum atomic E-state index is 11.6. The van der Waals surface area contributed by atoms with Gasteiger partial charge in [0.25, 0.3) is 0 Å². The Kier molecular flexibility index (Phi) is 3.83. The molecule has 1 aliphatic rings. The van der Waals surface area contributed by atoms with Crippen LogP contribution in [0.4, 0.5) is 0 Å². The molecule has 78 valence electrons. The van der Waals surface area contributed by atoms with Crippen LogP contribution in [0.5, 0.6) is 0 Å². The SMILES string of the molecule is C=CCNC1CC(=O)N(CCC)C1=O. The standard InChI is InChI=1S/C10H16N2O2/c1-3-5-11-8-7-9(13)12(6-4-2)10(8)14/h3,8,11H,1,4-7H2,2H3. The predicted molar refractivity (Wildman–Crippen MR) is 53.6 cm³/mol. The van der Waals surface area contributed by atoms with Crippen LogP contribution in [0, 0.1) is 0 Å². The van der Waals surface area contributed by atoms with Crippen LogP contribution in [0.2, 0.25) is 0 Å². The molecule has 0 radical (unpaired) electrons. The molecule has 0 bridgehead atoms. The highest BCUT2D eigenvalue weighted by atomic mass is 16.2. The summed E-state index contributed by atoms with van der Waals surface area (Å²) in [4.78, 5) is 24.3. The molecule has 1 unspecified atom stereocenters. The first-order chi connectivity index (χ1) is 6.70. The number of amides is 2. The molecule has 0 saturated carbocycles. The second-order valence-corrected chi connectivity index (χ2v) is 3.34. The normalized spacial score (nSPS) is 21.8. The third kappa shape index (κ3) is 2.20. The molecule has 1 rings (SSSR count). The van der Waals surface area contributed by atoms with Gasteiger partial charge < -0.3 is 5.32 Å². The first-order valence-electron chi connectivity index (χ1n) is 4.89. The lowest BCUT2D eigenvalue weighted by Crippen LogP contribution is -2.39. The molecule has 0 aromatic carbocycles. The molecule has 14 heavy (non-hydrogen) atoms. The molecule has 1 atom stereocenters. The number of carbonyl (C=O) groups is 2. The van der Waals surface area contributed by atoms with E-state index in [-0.39, 0.29) is 24.3 Å². The molecule has 4 nitrogen and oxygen atoms in total. The van der Waals surface area contributed by atoms with E-state index in [1.165, 1.54) is 4.90 Å². The highest BCUT2D eigenvalue weighted by Crippen LogP contribution is 2.12. The van der Waals surface area contributed by atoms with Gasteiger partial charge in [-0.25, -0.2) is 0 Å². The molecule has 1 fully saturated rings. The van der Waals surface area contributed by atoms with Crippen LogP contribution in [-0.4, -0.2) is 35.8 Å². The van der Waals surface area contributed by atoms with Crippen molar-refractivity contribution in [2.24, 2.45) is 0 Å². The lowest BCUT2D eigenvalue weighted by molar-refractivity contribution is -0.138. The van der Waals surface area contributed by atoms with Crippen LogP contribution in [0.3, 0.4) is 0 Å². The van der Waals surface area contributed by atoms with Crippen LogP contribution in [0.15, 0.2) is 12.7 Å². The number of imide groups is 1. The molecule has 1 saturated heterocycles. The zero-order valence-corrected chi connectivity index (χ0v) is 8.45. The van der Waals surface area contributed by atoms with Gasteiger partial charge in [0.1, 0.15) is 0 Å². The molecule has 0 aromatic rings. The van der Waals surface area contributed by atoms with Crippen LogP contribution in [0.1, 0.15) is 19.8 Å². The van der Waals surface area contributed by atoms with Crippen molar-refractivity contribution < 1.29 is 9.59 Å². The third-order valence-electron chi connectivity index (χ3n) is 2.20. The maximum Gasteiger partial charge on any atom is 0.246 e. The topological polar surface area (TPSA) is 49.4 Å². The van der Waals surface area contributed by atoms with Crippen molar-refractivity contribution in [1.82, 2.24) is 10.2 Å². The highest BCUT2D eigenvalue weighted by molar-refractivity contribution is 6.05. The largest absolute Gasteiger partial charge is 0.302 e. The molecule has 2 amide bonds. The van der Waals surface area contributed by atoms with Crippen molar-refractivity contribution in [3.63, 3.8) is 0 Å². The minimum atomic E-state index is -0.341. The summed E-state index contributed by atoms with van der Waals surface area (Å²) in [5.41, 5.74) is 0. The monoisotopic (exact) mass is 196 g/mol. The van der Waals surface area contributed by atoms with E-state index in [1.54, 1.807) is 6.08 Å². The second-order valence-electron chi connectivity index (χ2n) is 3.34. The van der Waals surface area contributed by atoms with Crippen LogP contribution >= 0.6 is 0 Å². The second kappa shape index (κ2) is 4.91. The quantitative estimate of drug-likeness (QED) is 0.508. The summed E-state index contributed by atoms with van der Waals surface area (Å²) in [7, 11) is 0. The van der Waals surface area contributed by atoms with E-state index in [2.05, 4.69) is 11.9 Å². The molecule has 1 heterocycles. The predicted octanol–water partition coefficient (Wildman–Crippen LogP) is 0.299. The maximum absolute atomic E-state index is 11.6. The van der Waals surface area contributed by atoms with E-state index in [9.17, 15) is 9.59 Å². The average Bonchev–Trinajstić information content (AvgIpc) is 2.43. The van der Waals surface area contributed by atoms with Crippen molar-refractivity contribution in [3.05, 3.63) is 12.7 Å². The van der Waals surface area contributed by atoms with Gasteiger partial charge in [0, 0.05) is 13.1 Å². The molecule has 0 spiro atoms. The van der Waals surface area contributed by atoms with Crippen molar-refractivity contribution >= 4 is 11.8 Å².